The number of carbonyl (C=O) groups excluding carboxylic acids is 1. The van der Waals surface area contributed by atoms with Crippen LogP contribution < -0.4 is 15.8 Å². The van der Waals surface area contributed by atoms with E-state index in [2.05, 4.69) is 15.7 Å². The second-order valence-corrected chi connectivity index (χ2v) is 12.1. The molecular weight excluding hydrogens is 512 g/mol. The smallest absolute Gasteiger partial charge is 0.407 e. The van der Waals surface area contributed by atoms with Gasteiger partial charge in [0.05, 0.1) is 26.6 Å². The molecule has 0 spiro atoms. The molecule has 4 rings (SSSR count). The quantitative estimate of drug-likeness (QED) is 0.365. The zero-order valence-corrected chi connectivity index (χ0v) is 23.2. The van der Waals surface area contributed by atoms with E-state index in [4.69, 9.17) is 14.9 Å². The lowest BCUT2D eigenvalue weighted by atomic mass is 9.86. The molecule has 1 fully saturated rings. The lowest BCUT2D eigenvalue weighted by molar-refractivity contribution is 0.109. The zero-order valence-electron chi connectivity index (χ0n) is 21.5. The Kier molecular flexibility index (Phi) is 8.20. The van der Waals surface area contributed by atoms with E-state index in [1.165, 1.54) is 11.3 Å². The summed E-state index contributed by atoms with van der Waals surface area (Å²) in [5.41, 5.74) is 1.89. The molecule has 0 aliphatic heterocycles. The molecule has 2 aromatic heterocycles. The molecule has 37 heavy (non-hydrogen) atoms. The summed E-state index contributed by atoms with van der Waals surface area (Å²) in [5, 5.41) is 17.1. The van der Waals surface area contributed by atoms with Crippen molar-refractivity contribution in [3.63, 3.8) is 0 Å². The van der Waals surface area contributed by atoms with Crippen LogP contribution in [0.3, 0.4) is 0 Å². The molecule has 12 heteroatoms. The maximum Gasteiger partial charge on any atom is 0.407 e. The van der Waals surface area contributed by atoms with Crippen LogP contribution in [0.4, 0.5) is 16.3 Å². The van der Waals surface area contributed by atoms with Crippen LogP contribution in [0, 0.1) is 6.92 Å². The van der Waals surface area contributed by atoms with Gasteiger partial charge in [0.1, 0.15) is 0 Å². The van der Waals surface area contributed by atoms with Crippen LogP contribution in [0.25, 0.3) is 10.4 Å². The van der Waals surface area contributed by atoms with E-state index in [0.717, 1.165) is 47.8 Å². The van der Waals surface area contributed by atoms with Gasteiger partial charge in [-0.25, -0.2) is 23.3 Å². The van der Waals surface area contributed by atoms with Crippen molar-refractivity contribution in [3.05, 3.63) is 41.2 Å². The maximum absolute atomic E-state index is 12.6. The van der Waals surface area contributed by atoms with Crippen LogP contribution in [0.15, 0.2) is 35.4 Å². The number of anilines is 2. The highest BCUT2D eigenvalue weighted by atomic mass is 32.2. The third kappa shape index (κ3) is 6.68. The molecule has 200 valence electrons. The summed E-state index contributed by atoms with van der Waals surface area (Å²) in [6.07, 6.45) is 4.76. The Morgan fingerprint density at radius 1 is 1.24 bits per heavy atom. The molecule has 0 bridgehead atoms. The van der Waals surface area contributed by atoms with Crippen LogP contribution in [0.2, 0.25) is 0 Å². The Morgan fingerprint density at radius 3 is 2.59 bits per heavy atom. The number of hydrogen-bond acceptors (Lipinski definition) is 8. The van der Waals surface area contributed by atoms with Crippen LogP contribution in [0.1, 0.15) is 63.1 Å². The number of rotatable bonds is 8. The lowest BCUT2D eigenvalue weighted by Crippen LogP contribution is -2.38. The lowest BCUT2D eigenvalue weighted by Gasteiger charge is -2.28. The minimum Gasteiger partial charge on any atom is -0.447 e. The number of ether oxygens (including phenoxy) is 1. The molecule has 1 aromatic carbocycles. The molecule has 3 aromatic rings. The van der Waals surface area contributed by atoms with E-state index in [1.807, 2.05) is 46.0 Å². The maximum atomic E-state index is 12.6. The average Bonchev–Trinajstić information content (AvgIpc) is 3.44. The Balaban J connectivity index is 1.52. The van der Waals surface area contributed by atoms with Crippen molar-refractivity contribution < 1.29 is 17.9 Å². The molecule has 4 N–H and O–H groups in total. The summed E-state index contributed by atoms with van der Waals surface area (Å²) in [4.78, 5) is 17.6. The van der Waals surface area contributed by atoms with Crippen molar-refractivity contribution in [2.45, 2.75) is 82.9 Å². The number of nitrogens with zero attached hydrogens (tertiary/aromatic N) is 3. The molecular formula is C25H34N6O4S2. The number of sulfonamides is 1. The minimum absolute atomic E-state index is 0.0438. The van der Waals surface area contributed by atoms with E-state index in [0.29, 0.717) is 17.1 Å². The van der Waals surface area contributed by atoms with Crippen molar-refractivity contribution >= 4 is 39.0 Å². The monoisotopic (exact) mass is 546 g/mol. The highest BCUT2D eigenvalue weighted by Crippen LogP contribution is 2.41. The third-order valence-electron chi connectivity index (χ3n) is 6.32. The number of carbonyl (C=O) groups is 1. The third-order valence-corrected chi connectivity index (χ3v) is 8.63. The fraction of sp³-hybridized carbons (Fsp3) is 0.480. The van der Waals surface area contributed by atoms with Gasteiger partial charge in [-0.2, -0.15) is 5.10 Å². The normalized spacial score (nSPS) is 18.1. The van der Waals surface area contributed by atoms with E-state index >= 15 is 0 Å². The fourth-order valence-electron chi connectivity index (χ4n) is 4.52. The summed E-state index contributed by atoms with van der Waals surface area (Å²) in [6, 6.07) is 7.04. The Labute approximate surface area is 221 Å². The first-order valence-electron chi connectivity index (χ1n) is 12.5. The number of aryl methyl sites for hydroxylation is 2. The van der Waals surface area contributed by atoms with Gasteiger partial charge in [-0.1, -0.05) is 6.07 Å². The number of primary sulfonamides is 1. The number of benzene rings is 1. The number of alkyl carbamates (subject to hydrolysis) is 1. The minimum atomic E-state index is -3.99. The fourth-order valence-corrected chi connectivity index (χ4v) is 6.62. The molecule has 2 heterocycles. The standard InChI is InChI=1S/C25H34N6O4S2/c1-5-31-13-12-22(30-31)28-19-10-11-20(21(14-19)37(26,33)34)23-16(4)27-24(36-23)17-6-8-18(9-7-17)29-25(32)35-15(2)3/h10-15,17-18H,5-9H2,1-4H3,(H,28,30)(H,29,32)(H2,26,33,34). The number of hydrogen-bond donors (Lipinski definition) is 3. The van der Waals surface area contributed by atoms with E-state index in [-0.39, 0.29) is 29.1 Å². The van der Waals surface area contributed by atoms with Gasteiger partial charge in [0.2, 0.25) is 10.0 Å². The van der Waals surface area contributed by atoms with E-state index in [9.17, 15) is 13.2 Å². The van der Waals surface area contributed by atoms with Crippen LogP contribution in [-0.4, -0.2) is 41.4 Å². The van der Waals surface area contributed by atoms with Crippen molar-refractivity contribution in [2.75, 3.05) is 5.32 Å². The largest absolute Gasteiger partial charge is 0.447 e. The number of amides is 1. The SMILES string of the molecule is CCn1ccc(Nc2ccc(-c3sc(C4CCC(NC(=O)OC(C)C)CC4)nc3C)c(S(N)(=O)=O)c2)n1. The summed E-state index contributed by atoms with van der Waals surface area (Å²) in [5.74, 6) is 0.873. The summed E-state index contributed by atoms with van der Waals surface area (Å²) in [6.45, 7) is 8.26. The number of nitrogens with one attached hydrogen (secondary N) is 2. The number of nitrogens with two attached hydrogens (primary N) is 1. The molecule has 1 saturated carbocycles. The predicted octanol–water partition coefficient (Wildman–Crippen LogP) is 4.89. The second kappa shape index (κ2) is 11.2. The van der Waals surface area contributed by atoms with E-state index < -0.39 is 10.0 Å². The molecule has 0 atom stereocenters. The summed E-state index contributed by atoms with van der Waals surface area (Å²) in [7, 11) is -3.99. The van der Waals surface area contributed by atoms with Gasteiger partial charge in [0.25, 0.3) is 0 Å². The van der Waals surface area contributed by atoms with Crippen LogP contribution in [0.5, 0.6) is 0 Å². The van der Waals surface area contributed by atoms with Gasteiger partial charge in [-0.05, 0) is 65.5 Å². The first-order valence-corrected chi connectivity index (χ1v) is 14.8. The van der Waals surface area contributed by atoms with Crippen LogP contribution in [-0.2, 0) is 21.3 Å². The Bertz CT molecular complexity index is 1360. The van der Waals surface area contributed by atoms with Gasteiger partial charge in [0.15, 0.2) is 5.82 Å². The molecule has 0 radical (unpaired) electrons. The topological polar surface area (TPSA) is 141 Å². The van der Waals surface area contributed by atoms with Crippen molar-refractivity contribution in [3.8, 4) is 10.4 Å². The van der Waals surface area contributed by atoms with Gasteiger partial charge < -0.3 is 15.4 Å². The molecule has 1 aliphatic carbocycles. The van der Waals surface area contributed by atoms with Crippen LogP contribution >= 0.6 is 11.3 Å². The van der Waals surface area contributed by atoms with E-state index in [1.54, 1.807) is 16.8 Å². The predicted molar refractivity (Wildman–Crippen MR) is 145 cm³/mol. The van der Waals surface area contributed by atoms with Gasteiger partial charge in [-0.15, -0.1) is 11.3 Å². The molecule has 0 unspecified atom stereocenters. The second-order valence-electron chi connectivity index (χ2n) is 9.55. The number of aromatic nitrogens is 3. The average molecular weight is 547 g/mol. The molecule has 10 nitrogen and oxygen atoms in total. The van der Waals surface area contributed by atoms with Crippen molar-refractivity contribution in [1.29, 1.82) is 0 Å². The van der Waals surface area contributed by atoms with Crippen molar-refractivity contribution in [1.82, 2.24) is 20.1 Å². The van der Waals surface area contributed by atoms with Gasteiger partial charge in [-0.3, -0.25) is 4.68 Å². The van der Waals surface area contributed by atoms with Crippen molar-refractivity contribution in [2.24, 2.45) is 5.14 Å². The number of thiazole rings is 1. The van der Waals surface area contributed by atoms with Gasteiger partial charge in [0, 0.05) is 42.0 Å². The molecule has 0 saturated heterocycles. The highest BCUT2D eigenvalue weighted by molar-refractivity contribution is 7.89. The highest BCUT2D eigenvalue weighted by Gasteiger charge is 2.28. The Hall–Kier alpha value is -2.96. The zero-order chi connectivity index (χ0) is 26.7. The summed E-state index contributed by atoms with van der Waals surface area (Å²) < 4.78 is 32.1. The van der Waals surface area contributed by atoms with Gasteiger partial charge >= 0.3 is 6.09 Å². The Morgan fingerprint density at radius 2 is 1.97 bits per heavy atom. The first kappa shape index (κ1) is 27.1. The molecule has 1 aliphatic rings. The molecule has 1 amide bonds. The summed E-state index contributed by atoms with van der Waals surface area (Å²) >= 11 is 1.51. The first-order chi connectivity index (χ1) is 17.5.